The van der Waals surface area contributed by atoms with Crippen LogP contribution in [-0.2, 0) is 6.54 Å². The molecule has 0 amide bonds. The molecule has 1 aromatic carbocycles. The molecule has 5 heteroatoms. The SMILES string of the molecule is COc1cccc([C@@H]2C[C@@H](O)CN2Cc2cncc(F)c2)c1. The minimum absolute atomic E-state index is 0.0911. The predicted molar refractivity (Wildman–Crippen MR) is 81.0 cm³/mol. The molecular weight excluding hydrogens is 283 g/mol. The molecule has 2 aromatic rings. The van der Waals surface area contributed by atoms with Gasteiger partial charge in [0.15, 0.2) is 0 Å². The van der Waals surface area contributed by atoms with Crippen LogP contribution in [0.5, 0.6) is 5.75 Å². The van der Waals surface area contributed by atoms with Crippen molar-refractivity contribution in [3.63, 3.8) is 0 Å². The monoisotopic (exact) mass is 302 g/mol. The van der Waals surface area contributed by atoms with Crippen LogP contribution in [0.4, 0.5) is 4.39 Å². The maximum Gasteiger partial charge on any atom is 0.141 e. The van der Waals surface area contributed by atoms with Crippen LogP contribution in [0.2, 0.25) is 0 Å². The van der Waals surface area contributed by atoms with Gasteiger partial charge in [0.1, 0.15) is 11.6 Å². The number of methoxy groups -OCH3 is 1. The molecule has 2 atom stereocenters. The minimum Gasteiger partial charge on any atom is -0.497 e. The molecule has 0 spiro atoms. The first-order chi connectivity index (χ1) is 10.7. The zero-order valence-electron chi connectivity index (χ0n) is 12.4. The summed E-state index contributed by atoms with van der Waals surface area (Å²) < 4.78 is 18.6. The zero-order valence-corrected chi connectivity index (χ0v) is 12.4. The van der Waals surface area contributed by atoms with E-state index in [2.05, 4.69) is 9.88 Å². The average Bonchev–Trinajstić information content (AvgIpc) is 2.88. The van der Waals surface area contributed by atoms with Crippen LogP contribution < -0.4 is 4.74 Å². The third-order valence-electron chi connectivity index (χ3n) is 4.01. The van der Waals surface area contributed by atoms with Crippen molar-refractivity contribution in [3.05, 3.63) is 59.7 Å². The van der Waals surface area contributed by atoms with E-state index in [0.29, 0.717) is 19.5 Å². The Balaban J connectivity index is 1.82. The molecule has 0 saturated carbocycles. The van der Waals surface area contributed by atoms with Crippen molar-refractivity contribution < 1.29 is 14.2 Å². The Kier molecular flexibility index (Phi) is 4.36. The van der Waals surface area contributed by atoms with Gasteiger partial charge >= 0.3 is 0 Å². The van der Waals surface area contributed by atoms with Crippen LogP contribution in [0.15, 0.2) is 42.7 Å². The molecule has 0 bridgehead atoms. The summed E-state index contributed by atoms with van der Waals surface area (Å²) in [7, 11) is 1.64. The molecule has 1 saturated heterocycles. The molecule has 22 heavy (non-hydrogen) atoms. The fourth-order valence-corrected chi connectivity index (χ4v) is 3.03. The number of aliphatic hydroxyl groups is 1. The lowest BCUT2D eigenvalue weighted by Gasteiger charge is -2.24. The smallest absolute Gasteiger partial charge is 0.141 e. The average molecular weight is 302 g/mol. The van der Waals surface area contributed by atoms with Gasteiger partial charge in [0.05, 0.1) is 19.4 Å². The number of benzene rings is 1. The topological polar surface area (TPSA) is 45.6 Å². The quantitative estimate of drug-likeness (QED) is 0.943. The van der Waals surface area contributed by atoms with Crippen molar-refractivity contribution in [1.82, 2.24) is 9.88 Å². The number of pyridine rings is 1. The third kappa shape index (κ3) is 3.26. The van der Waals surface area contributed by atoms with Crippen molar-refractivity contribution in [2.75, 3.05) is 13.7 Å². The number of hydrogen-bond donors (Lipinski definition) is 1. The Morgan fingerprint density at radius 1 is 1.36 bits per heavy atom. The van der Waals surface area contributed by atoms with Gasteiger partial charge in [-0.05, 0) is 35.7 Å². The van der Waals surface area contributed by atoms with Crippen molar-refractivity contribution in [2.45, 2.75) is 25.1 Å². The number of aromatic nitrogens is 1. The second kappa shape index (κ2) is 6.42. The van der Waals surface area contributed by atoms with E-state index in [0.717, 1.165) is 16.9 Å². The predicted octanol–water partition coefficient (Wildman–Crippen LogP) is 2.54. The van der Waals surface area contributed by atoms with Gasteiger partial charge in [0.25, 0.3) is 0 Å². The summed E-state index contributed by atoms with van der Waals surface area (Å²) in [5.41, 5.74) is 1.90. The summed E-state index contributed by atoms with van der Waals surface area (Å²) >= 11 is 0. The number of rotatable bonds is 4. The summed E-state index contributed by atoms with van der Waals surface area (Å²) in [6, 6.07) is 9.44. The molecule has 2 heterocycles. The maximum absolute atomic E-state index is 13.3. The largest absolute Gasteiger partial charge is 0.497 e. The number of nitrogens with zero attached hydrogens (tertiary/aromatic N) is 2. The Labute approximate surface area is 129 Å². The number of hydrogen-bond acceptors (Lipinski definition) is 4. The molecule has 1 aliphatic heterocycles. The van der Waals surface area contributed by atoms with E-state index in [1.165, 1.54) is 12.3 Å². The van der Waals surface area contributed by atoms with Gasteiger partial charge in [0.2, 0.25) is 0 Å². The van der Waals surface area contributed by atoms with Crippen LogP contribution in [0.3, 0.4) is 0 Å². The minimum atomic E-state index is -0.377. The van der Waals surface area contributed by atoms with Gasteiger partial charge in [-0.2, -0.15) is 0 Å². The summed E-state index contributed by atoms with van der Waals surface area (Å²) in [6.45, 7) is 1.13. The van der Waals surface area contributed by atoms with E-state index in [1.807, 2.05) is 24.3 Å². The molecule has 4 nitrogen and oxygen atoms in total. The van der Waals surface area contributed by atoms with E-state index in [4.69, 9.17) is 4.74 Å². The first-order valence-corrected chi connectivity index (χ1v) is 7.31. The van der Waals surface area contributed by atoms with Crippen molar-refractivity contribution in [3.8, 4) is 5.75 Å². The Hall–Kier alpha value is -1.98. The number of halogens is 1. The molecule has 1 fully saturated rings. The third-order valence-corrected chi connectivity index (χ3v) is 4.01. The second-order valence-corrected chi connectivity index (χ2v) is 5.62. The fourth-order valence-electron chi connectivity index (χ4n) is 3.03. The number of likely N-dealkylation sites (tertiary alicyclic amines) is 1. The fraction of sp³-hybridized carbons (Fsp3) is 0.353. The molecule has 1 aliphatic rings. The van der Waals surface area contributed by atoms with Crippen LogP contribution >= 0.6 is 0 Å². The molecular formula is C17H19FN2O2. The normalized spacial score (nSPS) is 22.0. The Morgan fingerprint density at radius 3 is 3.00 bits per heavy atom. The van der Waals surface area contributed by atoms with Gasteiger partial charge in [-0.3, -0.25) is 9.88 Å². The lowest BCUT2D eigenvalue weighted by molar-refractivity contribution is 0.172. The highest BCUT2D eigenvalue weighted by Gasteiger charge is 2.32. The zero-order chi connectivity index (χ0) is 15.5. The van der Waals surface area contributed by atoms with Gasteiger partial charge in [-0.1, -0.05) is 12.1 Å². The van der Waals surface area contributed by atoms with Crippen LogP contribution in [0, 0.1) is 5.82 Å². The van der Waals surface area contributed by atoms with E-state index in [1.54, 1.807) is 13.3 Å². The maximum atomic E-state index is 13.3. The highest BCUT2D eigenvalue weighted by molar-refractivity contribution is 5.31. The lowest BCUT2D eigenvalue weighted by Crippen LogP contribution is -2.24. The van der Waals surface area contributed by atoms with E-state index < -0.39 is 0 Å². The van der Waals surface area contributed by atoms with E-state index >= 15 is 0 Å². The summed E-state index contributed by atoms with van der Waals surface area (Å²) in [6.07, 6.45) is 3.14. The standard InChI is InChI=1S/C17H19FN2O2/c1-22-16-4-2-3-13(6-16)17-7-15(21)11-20(17)10-12-5-14(18)9-19-8-12/h2-6,8-9,15,17,21H,7,10-11H2,1H3/t15-,17+/m1/s1. The molecule has 1 N–H and O–H groups in total. The highest BCUT2D eigenvalue weighted by atomic mass is 19.1. The molecule has 3 rings (SSSR count). The first kappa shape index (κ1) is 14.9. The van der Waals surface area contributed by atoms with Crippen molar-refractivity contribution in [1.29, 1.82) is 0 Å². The number of β-amino-alcohol motifs (C(OH)–C–C–N with tert-alkyl or cyclic N) is 1. The second-order valence-electron chi connectivity index (χ2n) is 5.62. The lowest BCUT2D eigenvalue weighted by atomic mass is 10.0. The van der Waals surface area contributed by atoms with Crippen molar-refractivity contribution >= 4 is 0 Å². The first-order valence-electron chi connectivity index (χ1n) is 7.31. The van der Waals surface area contributed by atoms with Crippen LogP contribution in [0.25, 0.3) is 0 Å². The molecule has 1 aromatic heterocycles. The van der Waals surface area contributed by atoms with Gasteiger partial charge < -0.3 is 9.84 Å². The molecule has 0 radical (unpaired) electrons. The van der Waals surface area contributed by atoms with Crippen LogP contribution in [0.1, 0.15) is 23.6 Å². The summed E-state index contributed by atoms with van der Waals surface area (Å²) in [4.78, 5) is 6.03. The van der Waals surface area contributed by atoms with Gasteiger partial charge in [-0.25, -0.2) is 4.39 Å². The Bertz CT molecular complexity index is 650. The van der Waals surface area contributed by atoms with Gasteiger partial charge in [-0.15, -0.1) is 0 Å². The van der Waals surface area contributed by atoms with Crippen LogP contribution in [-0.4, -0.2) is 34.7 Å². The Morgan fingerprint density at radius 2 is 2.23 bits per heavy atom. The summed E-state index contributed by atoms with van der Waals surface area (Å²) in [5, 5.41) is 10.0. The molecule has 0 unspecified atom stereocenters. The van der Waals surface area contributed by atoms with E-state index in [-0.39, 0.29) is 18.0 Å². The summed E-state index contributed by atoms with van der Waals surface area (Å²) in [5.74, 6) is 0.460. The number of ether oxygens (including phenoxy) is 1. The van der Waals surface area contributed by atoms with Crippen molar-refractivity contribution in [2.24, 2.45) is 0 Å². The molecule has 116 valence electrons. The van der Waals surface area contributed by atoms with E-state index in [9.17, 15) is 9.50 Å². The molecule has 0 aliphatic carbocycles. The number of aliphatic hydroxyl groups excluding tert-OH is 1. The highest BCUT2D eigenvalue weighted by Crippen LogP contribution is 2.34. The van der Waals surface area contributed by atoms with Gasteiger partial charge in [0, 0.05) is 25.3 Å².